The second-order valence-electron chi connectivity index (χ2n) is 6.40. The van der Waals surface area contributed by atoms with Crippen molar-refractivity contribution in [2.45, 2.75) is 12.3 Å². The van der Waals surface area contributed by atoms with E-state index in [0.717, 1.165) is 23.3 Å². The Bertz CT molecular complexity index is 866. The minimum atomic E-state index is -0.0265. The van der Waals surface area contributed by atoms with Crippen LogP contribution in [0.25, 0.3) is 0 Å². The molecule has 0 spiro atoms. The average Bonchev–Trinajstić information content (AvgIpc) is 3.51. The maximum Gasteiger partial charge on any atom is 0.243 e. The van der Waals surface area contributed by atoms with Crippen molar-refractivity contribution in [1.82, 2.24) is 10.4 Å². The number of aromatic nitrogens is 1. The number of nitrogens with zero attached hydrogens (tertiary/aromatic N) is 2. The van der Waals surface area contributed by atoms with E-state index in [2.05, 4.69) is 27.6 Å². The Morgan fingerprint density at radius 3 is 2.19 bits per heavy atom. The second kappa shape index (κ2) is 7.31. The molecule has 4 rings (SSSR count). The number of carbonyl (C=O) groups is 1. The Morgan fingerprint density at radius 1 is 0.885 bits per heavy atom. The van der Waals surface area contributed by atoms with Crippen molar-refractivity contribution in [3.63, 3.8) is 0 Å². The molecule has 1 saturated carbocycles. The lowest BCUT2D eigenvalue weighted by Gasteiger charge is -2.08. The van der Waals surface area contributed by atoms with Crippen LogP contribution in [0.2, 0.25) is 0 Å². The molecular formula is C22H19N3O. The van der Waals surface area contributed by atoms with Gasteiger partial charge in [0.2, 0.25) is 5.91 Å². The van der Waals surface area contributed by atoms with Gasteiger partial charge in [-0.2, -0.15) is 5.10 Å². The van der Waals surface area contributed by atoms with Gasteiger partial charge in [-0.05, 0) is 30.0 Å². The van der Waals surface area contributed by atoms with Gasteiger partial charge in [0.25, 0.3) is 0 Å². The molecule has 1 aliphatic rings. The molecule has 3 aromatic rings. The fraction of sp³-hybridized carbons (Fsp3) is 0.136. The number of amides is 1. The van der Waals surface area contributed by atoms with Crippen molar-refractivity contribution in [1.29, 1.82) is 0 Å². The first-order valence-electron chi connectivity index (χ1n) is 8.71. The zero-order valence-corrected chi connectivity index (χ0v) is 14.2. The smallest absolute Gasteiger partial charge is 0.243 e. The fourth-order valence-electron chi connectivity index (χ4n) is 3.15. The lowest BCUT2D eigenvalue weighted by molar-refractivity contribution is -0.122. The van der Waals surface area contributed by atoms with Gasteiger partial charge < -0.3 is 0 Å². The summed E-state index contributed by atoms with van der Waals surface area (Å²) in [5.41, 5.74) is 6.59. The van der Waals surface area contributed by atoms with Crippen LogP contribution >= 0.6 is 0 Å². The predicted octanol–water partition coefficient (Wildman–Crippen LogP) is 3.75. The van der Waals surface area contributed by atoms with E-state index in [1.54, 1.807) is 12.4 Å². The number of pyridine rings is 1. The highest BCUT2D eigenvalue weighted by Crippen LogP contribution is 2.47. The summed E-state index contributed by atoms with van der Waals surface area (Å²) in [6, 6.07) is 23.8. The molecule has 2 atom stereocenters. The molecule has 128 valence electrons. The molecule has 1 N–H and O–H groups in total. The topological polar surface area (TPSA) is 54.4 Å². The van der Waals surface area contributed by atoms with Crippen molar-refractivity contribution in [2.75, 3.05) is 0 Å². The van der Waals surface area contributed by atoms with Crippen LogP contribution in [0.1, 0.15) is 29.0 Å². The third-order valence-corrected chi connectivity index (χ3v) is 4.63. The second-order valence-corrected chi connectivity index (χ2v) is 6.40. The van der Waals surface area contributed by atoms with Crippen LogP contribution in [-0.2, 0) is 4.79 Å². The van der Waals surface area contributed by atoms with E-state index in [1.807, 2.05) is 60.7 Å². The van der Waals surface area contributed by atoms with Crippen molar-refractivity contribution in [3.05, 3.63) is 102 Å². The van der Waals surface area contributed by atoms with Crippen LogP contribution in [0, 0.1) is 5.92 Å². The van der Waals surface area contributed by atoms with Crippen LogP contribution in [0.5, 0.6) is 0 Å². The van der Waals surface area contributed by atoms with Crippen LogP contribution in [0.15, 0.2) is 90.3 Å². The van der Waals surface area contributed by atoms with E-state index >= 15 is 0 Å². The molecule has 2 unspecified atom stereocenters. The summed E-state index contributed by atoms with van der Waals surface area (Å²) in [6.45, 7) is 0. The van der Waals surface area contributed by atoms with E-state index in [-0.39, 0.29) is 11.8 Å². The Labute approximate surface area is 152 Å². The number of rotatable bonds is 5. The van der Waals surface area contributed by atoms with Gasteiger partial charge in [-0.1, -0.05) is 60.7 Å². The minimum Gasteiger partial charge on any atom is -0.273 e. The van der Waals surface area contributed by atoms with Gasteiger partial charge in [0.1, 0.15) is 0 Å². The highest BCUT2D eigenvalue weighted by molar-refractivity contribution is 6.13. The molecule has 4 heteroatoms. The first-order chi connectivity index (χ1) is 12.8. The van der Waals surface area contributed by atoms with Crippen molar-refractivity contribution >= 4 is 11.6 Å². The Balaban J connectivity index is 1.52. The van der Waals surface area contributed by atoms with Crippen LogP contribution in [-0.4, -0.2) is 16.6 Å². The number of hydrogen-bond donors (Lipinski definition) is 1. The summed E-state index contributed by atoms with van der Waals surface area (Å²) in [6.07, 6.45) is 4.32. The Kier molecular flexibility index (Phi) is 4.56. The van der Waals surface area contributed by atoms with Crippen molar-refractivity contribution in [3.8, 4) is 0 Å². The molecule has 0 aliphatic heterocycles. The molecule has 0 radical (unpaired) electrons. The first-order valence-corrected chi connectivity index (χ1v) is 8.71. The summed E-state index contributed by atoms with van der Waals surface area (Å²) < 4.78 is 0. The van der Waals surface area contributed by atoms with E-state index in [9.17, 15) is 4.79 Å². The molecule has 26 heavy (non-hydrogen) atoms. The number of carbonyl (C=O) groups excluding carboxylic acids is 1. The summed E-state index contributed by atoms with van der Waals surface area (Å²) in [4.78, 5) is 16.6. The molecule has 1 aliphatic carbocycles. The molecule has 1 aromatic heterocycles. The molecule has 2 aromatic carbocycles. The number of benzene rings is 2. The maximum absolute atomic E-state index is 12.5. The largest absolute Gasteiger partial charge is 0.273 e. The van der Waals surface area contributed by atoms with E-state index in [0.29, 0.717) is 5.92 Å². The Morgan fingerprint density at radius 2 is 1.50 bits per heavy atom. The van der Waals surface area contributed by atoms with Gasteiger partial charge in [-0.25, -0.2) is 5.43 Å². The maximum atomic E-state index is 12.5. The van der Waals surface area contributed by atoms with Gasteiger partial charge >= 0.3 is 0 Å². The summed E-state index contributed by atoms with van der Waals surface area (Å²) in [5, 5.41) is 4.44. The standard InChI is InChI=1S/C22H19N3O/c26-22(20-15-19(20)16-7-3-1-4-8-16)25-24-21(17-9-5-2-6-10-17)18-11-13-23-14-12-18/h1-14,19-20H,15H2,(H,25,26). The van der Waals surface area contributed by atoms with Gasteiger partial charge in [0.15, 0.2) is 0 Å². The summed E-state index contributed by atoms with van der Waals surface area (Å²) in [7, 11) is 0. The monoisotopic (exact) mass is 341 g/mol. The summed E-state index contributed by atoms with van der Waals surface area (Å²) >= 11 is 0. The van der Waals surface area contributed by atoms with Crippen LogP contribution < -0.4 is 5.43 Å². The first kappa shape index (κ1) is 16.2. The molecule has 1 fully saturated rings. The number of hydrogen-bond acceptors (Lipinski definition) is 3. The van der Waals surface area contributed by atoms with Crippen molar-refractivity contribution in [2.24, 2.45) is 11.0 Å². The van der Waals surface area contributed by atoms with E-state index in [4.69, 9.17) is 0 Å². The van der Waals surface area contributed by atoms with E-state index in [1.165, 1.54) is 5.56 Å². The number of nitrogens with one attached hydrogen (secondary N) is 1. The third-order valence-electron chi connectivity index (χ3n) is 4.63. The predicted molar refractivity (Wildman–Crippen MR) is 102 cm³/mol. The normalized spacial score (nSPS) is 19.0. The quantitative estimate of drug-likeness (QED) is 0.567. The lowest BCUT2D eigenvalue weighted by atomic mass is 10.0. The molecule has 0 saturated heterocycles. The SMILES string of the molecule is O=C(NN=C(c1ccccc1)c1ccncc1)C1CC1c1ccccc1. The van der Waals surface area contributed by atoms with Gasteiger partial charge in [-0.3, -0.25) is 9.78 Å². The van der Waals surface area contributed by atoms with E-state index < -0.39 is 0 Å². The fourth-order valence-corrected chi connectivity index (χ4v) is 3.15. The van der Waals surface area contributed by atoms with Crippen molar-refractivity contribution < 1.29 is 4.79 Å². The van der Waals surface area contributed by atoms with Gasteiger partial charge in [0, 0.05) is 29.4 Å². The zero-order chi connectivity index (χ0) is 17.8. The highest BCUT2D eigenvalue weighted by atomic mass is 16.2. The molecule has 1 heterocycles. The highest BCUT2D eigenvalue weighted by Gasteiger charge is 2.43. The molecular weight excluding hydrogens is 322 g/mol. The zero-order valence-electron chi connectivity index (χ0n) is 14.2. The summed E-state index contributed by atoms with van der Waals surface area (Å²) in [5.74, 6) is 0.268. The van der Waals surface area contributed by atoms with Gasteiger partial charge in [-0.15, -0.1) is 0 Å². The van der Waals surface area contributed by atoms with Crippen LogP contribution in [0.4, 0.5) is 0 Å². The molecule has 4 nitrogen and oxygen atoms in total. The molecule has 1 amide bonds. The van der Waals surface area contributed by atoms with Gasteiger partial charge in [0.05, 0.1) is 5.71 Å². The average molecular weight is 341 g/mol. The lowest BCUT2D eigenvalue weighted by Crippen LogP contribution is -2.22. The van der Waals surface area contributed by atoms with Crippen LogP contribution in [0.3, 0.4) is 0 Å². The molecule has 0 bridgehead atoms. The minimum absolute atomic E-state index is 0.00406. The third kappa shape index (κ3) is 3.54. The number of hydrazone groups is 1. The Hall–Kier alpha value is -3.27.